The third kappa shape index (κ3) is 9.21. The monoisotopic (exact) mass is 498 g/mol. The van der Waals surface area contributed by atoms with Crippen LogP contribution in [0, 0.1) is 0 Å². The SMILES string of the molecule is c1ccc(OCC[N+](CCOc2ccccc2)(CCOc2ccccc2)CCOc2ccccc2)cc1. The van der Waals surface area contributed by atoms with Crippen LogP contribution in [-0.2, 0) is 0 Å². The van der Waals surface area contributed by atoms with Gasteiger partial charge in [0.15, 0.2) is 0 Å². The molecule has 0 aliphatic carbocycles. The lowest BCUT2D eigenvalue weighted by molar-refractivity contribution is -0.928. The van der Waals surface area contributed by atoms with Crippen LogP contribution in [0.15, 0.2) is 121 Å². The van der Waals surface area contributed by atoms with E-state index in [4.69, 9.17) is 18.9 Å². The molecular formula is C32H36NO4+. The van der Waals surface area contributed by atoms with Crippen LogP contribution in [0.4, 0.5) is 0 Å². The lowest BCUT2D eigenvalue weighted by Crippen LogP contribution is -2.56. The summed E-state index contributed by atoms with van der Waals surface area (Å²) >= 11 is 0. The Balaban J connectivity index is 1.44. The molecule has 0 amide bonds. The van der Waals surface area contributed by atoms with Gasteiger partial charge in [0.25, 0.3) is 0 Å². The fourth-order valence-corrected chi connectivity index (χ4v) is 4.17. The van der Waals surface area contributed by atoms with Gasteiger partial charge in [0.1, 0.15) is 75.6 Å². The number of quaternary nitrogens is 1. The Hall–Kier alpha value is -3.96. The summed E-state index contributed by atoms with van der Waals surface area (Å²) in [5, 5.41) is 0. The Morgan fingerprint density at radius 2 is 0.541 bits per heavy atom. The van der Waals surface area contributed by atoms with E-state index in [0.29, 0.717) is 26.4 Å². The second kappa shape index (κ2) is 14.6. The highest BCUT2D eigenvalue weighted by molar-refractivity contribution is 5.22. The summed E-state index contributed by atoms with van der Waals surface area (Å²) in [6.07, 6.45) is 0. The molecule has 5 heteroatoms. The Morgan fingerprint density at radius 1 is 0.324 bits per heavy atom. The summed E-state index contributed by atoms with van der Waals surface area (Å²) in [6, 6.07) is 39.8. The number of ether oxygens (including phenoxy) is 4. The molecule has 0 aliphatic heterocycles. The maximum Gasteiger partial charge on any atom is 0.137 e. The molecule has 0 bridgehead atoms. The minimum absolute atomic E-state index is 0.589. The molecule has 5 nitrogen and oxygen atoms in total. The molecule has 37 heavy (non-hydrogen) atoms. The van der Waals surface area contributed by atoms with Crippen LogP contribution >= 0.6 is 0 Å². The minimum atomic E-state index is 0.589. The zero-order valence-corrected chi connectivity index (χ0v) is 21.3. The van der Waals surface area contributed by atoms with Crippen molar-refractivity contribution in [2.75, 3.05) is 52.6 Å². The van der Waals surface area contributed by atoms with Crippen LogP contribution in [0.5, 0.6) is 23.0 Å². The van der Waals surface area contributed by atoms with Crippen molar-refractivity contribution in [1.82, 2.24) is 0 Å². The molecule has 0 saturated carbocycles. The summed E-state index contributed by atoms with van der Waals surface area (Å²) in [4.78, 5) is 0. The normalized spacial score (nSPS) is 11.0. The average molecular weight is 499 g/mol. The molecule has 0 N–H and O–H groups in total. The summed E-state index contributed by atoms with van der Waals surface area (Å²) in [5.41, 5.74) is 0. The molecule has 0 atom stereocenters. The predicted molar refractivity (Wildman–Crippen MR) is 147 cm³/mol. The van der Waals surface area contributed by atoms with Gasteiger partial charge in [-0.05, 0) is 48.5 Å². The van der Waals surface area contributed by atoms with Crippen molar-refractivity contribution in [3.63, 3.8) is 0 Å². The third-order valence-corrected chi connectivity index (χ3v) is 6.31. The van der Waals surface area contributed by atoms with Crippen molar-refractivity contribution in [1.29, 1.82) is 0 Å². The molecule has 0 aromatic heterocycles. The Morgan fingerprint density at radius 3 is 0.757 bits per heavy atom. The smallest absolute Gasteiger partial charge is 0.137 e. The maximum atomic E-state index is 6.12. The average Bonchev–Trinajstić information content (AvgIpc) is 2.95. The Bertz CT molecular complexity index is 937. The number of para-hydroxylation sites is 4. The fraction of sp³-hybridized carbons (Fsp3) is 0.250. The van der Waals surface area contributed by atoms with Crippen LogP contribution in [-0.4, -0.2) is 57.1 Å². The largest absolute Gasteiger partial charge is 0.488 e. The van der Waals surface area contributed by atoms with E-state index in [1.807, 2.05) is 121 Å². The van der Waals surface area contributed by atoms with Gasteiger partial charge in [-0.25, -0.2) is 0 Å². The highest BCUT2D eigenvalue weighted by Crippen LogP contribution is 2.16. The Labute approximate surface area is 220 Å². The highest BCUT2D eigenvalue weighted by Gasteiger charge is 2.28. The van der Waals surface area contributed by atoms with Crippen LogP contribution in [0.1, 0.15) is 0 Å². The van der Waals surface area contributed by atoms with Gasteiger partial charge in [-0.3, -0.25) is 0 Å². The molecule has 0 unspecified atom stereocenters. The zero-order chi connectivity index (χ0) is 25.4. The van der Waals surface area contributed by atoms with Crippen molar-refractivity contribution in [2.24, 2.45) is 0 Å². The first-order valence-corrected chi connectivity index (χ1v) is 12.9. The van der Waals surface area contributed by atoms with Gasteiger partial charge in [0.05, 0.1) is 0 Å². The number of hydrogen-bond donors (Lipinski definition) is 0. The summed E-state index contributed by atoms with van der Waals surface area (Å²) in [7, 11) is 0. The zero-order valence-electron chi connectivity index (χ0n) is 21.3. The van der Waals surface area contributed by atoms with Crippen molar-refractivity contribution in [3.8, 4) is 23.0 Å². The highest BCUT2D eigenvalue weighted by atomic mass is 16.5. The van der Waals surface area contributed by atoms with Gasteiger partial charge < -0.3 is 23.4 Å². The second-order valence-corrected chi connectivity index (χ2v) is 8.88. The first-order chi connectivity index (χ1) is 18.3. The van der Waals surface area contributed by atoms with Gasteiger partial charge >= 0.3 is 0 Å². The van der Waals surface area contributed by atoms with Crippen LogP contribution in [0.25, 0.3) is 0 Å². The summed E-state index contributed by atoms with van der Waals surface area (Å²) in [6.45, 7) is 5.59. The summed E-state index contributed by atoms with van der Waals surface area (Å²) in [5.74, 6) is 3.51. The van der Waals surface area contributed by atoms with Gasteiger partial charge in [-0.1, -0.05) is 72.8 Å². The van der Waals surface area contributed by atoms with Crippen LogP contribution in [0.2, 0.25) is 0 Å². The number of rotatable bonds is 16. The van der Waals surface area contributed by atoms with E-state index < -0.39 is 0 Å². The molecule has 192 valence electrons. The molecule has 0 fully saturated rings. The van der Waals surface area contributed by atoms with E-state index in [2.05, 4.69) is 0 Å². The number of hydrogen-bond acceptors (Lipinski definition) is 4. The lowest BCUT2D eigenvalue weighted by Gasteiger charge is -2.38. The molecule has 0 heterocycles. The summed E-state index contributed by atoms with van der Waals surface area (Å²) < 4.78 is 25.2. The maximum absolute atomic E-state index is 6.12. The molecule has 4 aromatic rings. The van der Waals surface area contributed by atoms with Crippen molar-refractivity contribution in [2.45, 2.75) is 0 Å². The van der Waals surface area contributed by atoms with Crippen LogP contribution in [0.3, 0.4) is 0 Å². The quantitative estimate of drug-likeness (QED) is 0.174. The van der Waals surface area contributed by atoms with Gasteiger partial charge in [-0.2, -0.15) is 0 Å². The molecule has 0 radical (unpaired) electrons. The minimum Gasteiger partial charge on any atom is -0.488 e. The van der Waals surface area contributed by atoms with E-state index in [1.54, 1.807) is 0 Å². The molecule has 4 aromatic carbocycles. The predicted octanol–water partition coefficient (Wildman–Crippen LogP) is 6.12. The number of nitrogens with zero attached hydrogens (tertiary/aromatic N) is 1. The topological polar surface area (TPSA) is 36.9 Å². The van der Waals surface area contributed by atoms with Crippen LogP contribution < -0.4 is 18.9 Å². The molecule has 0 spiro atoms. The molecular weight excluding hydrogens is 462 g/mol. The van der Waals surface area contributed by atoms with Crippen molar-refractivity contribution in [3.05, 3.63) is 121 Å². The fourth-order valence-electron chi connectivity index (χ4n) is 4.17. The molecule has 0 saturated heterocycles. The lowest BCUT2D eigenvalue weighted by atomic mass is 10.3. The molecule has 0 aliphatic rings. The second-order valence-electron chi connectivity index (χ2n) is 8.88. The Kier molecular flexibility index (Phi) is 10.3. The van der Waals surface area contributed by atoms with Gasteiger partial charge in [0, 0.05) is 0 Å². The van der Waals surface area contributed by atoms with E-state index >= 15 is 0 Å². The van der Waals surface area contributed by atoms with Gasteiger partial charge in [0.2, 0.25) is 0 Å². The standard InChI is InChI=1S/C32H36NO4/c1-5-13-29(14-6-1)34-25-21-33(22-26-35-30-15-7-2-8-16-30,23-27-36-31-17-9-3-10-18-31)24-28-37-32-19-11-4-12-20-32/h1-20H,21-28H2/q+1. The van der Waals surface area contributed by atoms with E-state index in [0.717, 1.165) is 53.7 Å². The molecule has 4 rings (SSSR count). The van der Waals surface area contributed by atoms with E-state index in [1.165, 1.54) is 0 Å². The first kappa shape index (κ1) is 26.1. The van der Waals surface area contributed by atoms with Crippen molar-refractivity contribution >= 4 is 0 Å². The van der Waals surface area contributed by atoms with E-state index in [-0.39, 0.29) is 0 Å². The van der Waals surface area contributed by atoms with Crippen molar-refractivity contribution < 1.29 is 23.4 Å². The van der Waals surface area contributed by atoms with E-state index in [9.17, 15) is 0 Å². The first-order valence-electron chi connectivity index (χ1n) is 12.9. The van der Waals surface area contributed by atoms with Gasteiger partial charge in [-0.15, -0.1) is 0 Å². The third-order valence-electron chi connectivity index (χ3n) is 6.31. The number of benzene rings is 4.